The number of carbonyl (C=O) groups excluding carboxylic acids is 2. The molecule has 4 nitrogen and oxygen atoms in total. The molecule has 1 heterocycles. The Balaban J connectivity index is 1.53. The third kappa shape index (κ3) is 1.25. The van der Waals surface area contributed by atoms with Crippen molar-refractivity contribution in [3.05, 3.63) is 36.4 Å². The Bertz CT molecular complexity index is 682. The summed E-state index contributed by atoms with van der Waals surface area (Å²) in [6.07, 6.45) is 6.74. The minimum atomic E-state index is -0.132. The standard InChI is InChI=1S/C18H17NO3/c1-22-11-4-2-10(3-5-11)19-16(20)14-12-6-7-13(15(14)17(19)21)18(12)8-9-18/h2-7,12-15H,8-9H2,1H3/t12?,13?,14-,15?/m0/s1. The number of amides is 2. The number of allylic oxidation sites excluding steroid dienone is 2. The van der Waals surface area contributed by atoms with Gasteiger partial charge >= 0.3 is 0 Å². The van der Waals surface area contributed by atoms with Gasteiger partial charge in [0.15, 0.2) is 0 Å². The molecular weight excluding hydrogens is 278 g/mol. The largest absolute Gasteiger partial charge is 0.497 e. The van der Waals surface area contributed by atoms with E-state index in [1.807, 2.05) is 0 Å². The lowest BCUT2D eigenvalue weighted by molar-refractivity contribution is -0.123. The second-order valence-corrected chi connectivity index (χ2v) is 6.93. The zero-order valence-corrected chi connectivity index (χ0v) is 12.4. The van der Waals surface area contributed by atoms with Crippen molar-refractivity contribution >= 4 is 17.5 Å². The summed E-state index contributed by atoms with van der Waals surface area (Å²) < 4.78 is 5.14. The van der Waals surface area contributed by atoms with Crippen LogP contribution in [0.25, 0.3) is 0 Å². The second kappa shape index (κ2) is 3.80. The molecule has 0 N–H and O–H groups in total. The Labute approximate surface area is 128 Å². The van der Waals surface area contributed by atoms with Crippen molar-refractivity contribution in [2.24, 2.45) is 29.1 Å². The first kappa shape index (κ1) is 12.4. The molecule has 1 aliphatic heterocycles. The summed E-state index contributed by atoms with van der Waals surface area (Å²) in [5.74, 6) is 0.997. The number of rotatable bonds is 2. The number of anilines is 1. The number of hydrogen-bond acceptors (Lipinski definition) is 3. The van der Waals surface area contributed by atoms with Crippen molar-refractivity contribution in [3.8, 4) is 5.75 Å². The molecule has 5 rings (SSSR count). The molecule has 4 aliphatic rings. The smallest absolute Gasteiger partial charge is 0.238 e. The lowest BCUT2D eigenvalue weighted by Gasteiger charge is -2.21. The van der Waals surface area contributed by atoms with E-state index in [4.69, 9.17) is 4.74 Å². The molecule has 2 saturated carbocycles. The number of ether oxygens (including phenoxy) is 1. The number of benzene rings is 1. The van der Waals surface area contributed by atoms with Gasteiger partial charge in [-0.25, -0.2) is 0 Å². The SMILES string of the molecule is COc1ccc(N2C(=O)C3C4C=CC([C@@H]3C2=O)C42CC2)cc1. The summed E-state index contributed by atoms with van der Waals surface area (Å²) in [6, 6.07) is 7.16. The highest BCUT2D eigenvalue weighted by molar-refractivity contribution is 6.23. The van der Waals surface area contributed by atoms with Crippen molar-refractivity contribution in [1.29, 1.82) is 0 Å². The molecule has 0 radical (unpaired) electrons. The molecule has 4 atom stereocenters. The lowest BCUT2D eigenvalue weighted by atomic mass is 9.85. The van der Waals surface area contributed by atoms with Crippen LogP contribution in [0.4, 0.5) is 5.69 Å². The van der Waals surface area contributed by atoms with E-state index >= 15 is 0 Å². The number of methoxy groups -OCH3 is 1. The van der Waals surface area contributed by atoms with Crippen molar-refractivity contribution in [1.82, 2.24) is 0 Å². The van der Waals surface area contributed by atoms with Gasteiger partial charge in [0.1, 0.15) is 5.75 Å². The Morgan fingerprint density at radius 3 is 2.00 bits per heavy atom. The summed E-state index contributed by atoms with van der Waals surface area (Å²) in [5.41, 5.74) is 0.918. The van der Waals surface area contributed by atoms with E-state index in [1.165, 1.54) is 17.7 Å². The highest BCUT2D eigenvalue weighted by Crippen LogP contribution is 2.73. The van der Waals surface area contributed by atoms with Gasteiger partial charge in [-0.15, -0.1) is 0 Å². The van der Waals surface area contributed by atoms with E-state index in [0.717, 1.165) is 5.75 Å². The van der Waals surface area contributed by atoms with Gasteiger partial charge in [-0.1, -0.05) is 12.2 Å². The van der Waals surface area contributed by atoms with Gasteiger partial charge in [-0.2, -0.15) is 0 Å². The molecular formula is C18H17NO3. The van der Waals surface area contributed by atoms with Crippen LogP contribution in [0.2, 0.25) is 0 Å². The molecule has 1 aromatic rings. The first-order valence-corrected chi connectivity index (χ1v) is 7.87. The van der Waals surface area contributed by atoms with Gasteiger partial charge in [0.25, 0.3) is 0 Å². The van der Waals surface area contributed by atoms with Crippen LogP contribution in [-0.2, 0) is 9.59 Å². The maximum absolute atomic E-state index is 12.9. The Morgan fingerprint density at radius 2 is 1.55 bits per heavy atom. The summed E-state index contributed by atoms with van der Waals surface area (Å²) in [5, 5.41) is 0. The zero-order valence-electron chi connectivity index (χ0n) is 12.4. The summed E-state index contributed by atoms with van der Waals surface area (Å²) in [7, 11) is 1.60. The molecule has 2 bridgehead atoms. The van der Waals surface area contributed by atoms with Gasteiger partial charge in [0.05, 0.1) is 24.6 Å². The number of fused-ring (bicyclic) bond motifs is 3. The van der Waals surface area contributed by atoms with E-state index in [0.29, 0.717) is 5.69 Å². The van der Waals surface area contributed by atoms with Crippen molar-refractivity contribution in [3.63, 3.8) is 0 Å². The highest BCUT2D eigenvalue weighted by Gasteiger charge is 2.73. The monoisotopic (exact) mass is 295 g/mol. The fourth-order valence-electron chi connectivity index (χ4n) is 5.06. The summed E-state index contributed by atoms with van der Waals surface area (Å²) in [6.45, 7) is 0. The summed E-state index contributed by atoms with van der Waals surface area (Å²) in [4.78, 5) is 27.2. The predicted octanol–water partition coefficient (Wildman–Crippen LogP) is 2.40. The van der Waals surface area contributed by atoms with Crippen molar-refractivity contribution < 1.29 is 14.3 Å². The minimum absolute atomic E-state index is 0.0108. The average molecular weight is 295 g/mol. The molecule has 1 spiro atoms. The van der Waals surface area contributed by atoms with E-state index in [-0.39, 0.29) is 40.9 Å². The van der Waals surface area contributed by atoms with Crippen LogP contribution in [0, 0.1) is 29.1 Å². The minimum Gasteiger partial charge on any atom is -0.497 e. The number of carbonyl (C=O) groups is 2. The Hall–Kier alpha value is -2.10. The predicted molar refractivity (Wildman–Crippen MR) is 80.3 cm³/mol. The van der Waals surface area contributed by atoms with Crippen LogP contribution in [0.5, 0.6) is 5.75 Å². The third-order valence-electron chi connectivity index (χ3n) is 6.18. The van der Waals surface area contributed by atoms with Crippen LogP contribution in [0.1, 0.15) is 12.8 Å². The van der Waals surface area contributed by atoms with Crippen LogP contribution < -0.4 is 9.64 Å². The van der Waals surface area contributed by atoms with Crippen molar-refractivity contribution in [2.75, 3.05) is 12.0 Å². The van der Waals surface area contributed by atoms with Gasteiger partial charge in [0.2, 0.25) is 11.8 Å². The normalized spacial score (nSPS) is 36.3. The Kier molecular flexibility index (Phi) is 2.15. The van der Waals surface area contributed by atoms with Gasteiger partial charge in [-0.3, -0.25) is 14.5 Å². The molecule has 3 fully saturated rings. The number of nitrogens with zero attached hydrogens (tertiary/aromatic N) is 1. The molecule has 112 valence electrons. The Morgan fingerprint density at radius 1 is 1.00 bits per heavy atom. The van der Waals surface area contributed by atoms with Crippen LogP contribution in [0.3, 0.4) is 0 Å². The number of hydrogen-bond donors (Lipinski definition) is 0. The molecule has 0 aromatic heterocycles. The molecule has 4 heteroatoms. The third-order valence-corrected chi connectivity index (χ3v) is 6.18. The molecule has 1 saturated heterocycles. The quantitative estimate of drug-likeness (QED) is 0.622. The van der Waals surface area contributed by atoms with E-state index in [2.05, 4.69) is 12.2 Å². The van der Waals surface area contributed by atoms with Crippen LogP contribution in [0.15, 0.2) is 36.4 Å². The maximum Gasteiger partial charge on any atom is 0.238 e. The maximum atomic E-state index is 12.9. The molecule has 3 unspecified atom stereocenters. The van der Waals surface area contributed by atoms with E-state index < -0.39 is 0 Å². The van der Waals surface area contributed by atoms with Gasteiger partial charge < -0.3 is 4.74 Å². The average Bonchev–Trinajstić information content (AvgIpc) is 3.13. The fourth-order valence-corrected chi connectivity index (χ4v) is 5.06. The lowest BCUT2D eigenvalue weighted by Crippen LogP contribution is -2.34. The van der Waals surface area contributed by atoms with Crippen LogP contribution >= 0.6 is 0 Å². The van der Waals surface area contributed by atoms with Gasteiger partial charge in [-0.05, 0) is 54.4 Å². The number of imide groups is 1. The topological polar surface area (TPSA) is 46.6 Å². The fraction of sp³-hybridized carbons (Fsp3) is 0.444. The summed E-state index contributed by atoms with van der Waals surface area (Å²) >= 11 is 0. The highest BCUT2D eigenvalue weighted by atomic mass is 16.5. The first-order valence-electron chi connectivity index (χ1n) is 7.87. The molecule has 3 aliphatic carbocycles. The van der Waals surface area contributed by atoms with Crippen LogP contribution in [-0.4, -0.2) is 18.9 Å². The van der Waals surface area contributed by atoms with Gasteiger partial charge in [0, 0.05) is 0 Å². The van der Waals surface area contributed by atoms with E-state index in [9.17, 15) is 9.59 Å². The molecule has 22 heavy (non-hydrogen) atoms. The second-order valence-electron chi connectivity index (χ2n) is 6.93. The molecule has 2 amide bonds. The molecule has 1 aromatic carbocycles. The first-order chi connectivity index (χ1) is 10.7. The van der Waals surface area contributed by atoms with Crippen molar-refractivity contribution in [2.45, 2.75) is 12.8 Å². The zero-order chi connectivity index (χ0) is 15.1. The van der Waals surface area contributed by atoms with E-state index in [1.54, 1.807) is 31.4 Å².